The molecule has 0 N–H and O–H groups in total. The van der Waals surface area contributed by atoms with Crippen LogP contribution in [0.2, 0.25) is 0 Å². The summed E-state index contributed by atoms with van der Waals surface area (Å²) in [4.78, 5) is 0. The summed E-state index contributed by atoms with van der Waals surface area (Å²) < 4.78 is 74.0. The van der Waals surface area contributed by atoms with Crippen molar-refractivity contribution in [2.75, 3.05) is 5.75 Å². The van der Waals surface area contributed by atoms with Gasteiger partial charge in [-0.25, -0.2) is 12.8 Å². The molecule has 3 nitrogen and oxygen atoms in total. The largest absolute Gasteiger partial charge is 0.390 e. The molecule has 0 amide bonds. The fraction of sp³-hybridized carbons (Fsp3) is 0.769. The van der Waals surface area contributed by atoms with Gasteiger partial charge in [0.15, 0.2) is 20.8 Å². The highest BCUT2D eigenvalue weighted by molar-refractivity contribution is 7.92. The van der Waals surface area contributed by atoms with E-state index in [4.69, 9.17) is 11.7 Å². The van der Waals surface area contributed by atoms with Gasteiger partial charge >= 0.3 is 6.18 Å². The Morgan fingerprint density at radius 2 is 1.86 bits per heavy atom. The van der Waals surface area contributed by atoms with Crippen LogP contribution in [-0.2, 0) is 9.84 Å². The standard InChI is InChI=1S/C13H15F4NO2S/c1-2-12(14)5-3-10(4-6-12)11(9-18)21(19,20)8-7-13(15,16)17/h1,10-11H,3-8H2. The van der Waals surface area contributed by atoms with E-state index in [0.29, 0.717) is 0 Å². The van der Waals surface area contributed by atoms with E-state index in [1.54, 1.807) is 6.07 Å². The molecule has 0 radical (unpaired) electrons. The van der Waals surface area contributed by atoms with Gasteiger partial charge in [0, 0.05) is 0 Å². The lowest BCUT2D eigenvalue weighted by molar-refractivity contribution is -0.129. The van der Waals surface area contributed by atoms with E-state index in [1.165, 1.54) is 0 Å². The van der Waals surface area contributed by atoms with Crippen LogP contribution < -0.4 is 0 Å². The fourth-order valence-electron chi connectivity index (χ4n) is 2.41. The minimum Gasteiger partial charge on any atom is -0.230 e. The third kappa shape index (κ3) is 4.89. The summed E-state index contributed by atoms with van der Waals surface area (Å²) in [6, 6.07) is 1.56. The van der Waals surface area contributed by atoms with Crippen molar-refractivity contribution in [3.05, 3.63) is 0 Å². The molecule has 0 aromatic carbocycles. The number of rotatable bonds is 4. The number of terminal acetylenes is 1. The molecule has 1 fully saturated rings. The zero-order valence-electron chi connectivity index (χ0n) is 11.2. The summed E-state index contributed by atoms with van der Waals surface area (Å²) >= 11 is 0. The van der Waals surface area contributed by atoms with E-state index in [-0.39, 0.29) is 25.7 Å². The highest BCUT2D eigenvalue weighted by atomic mass is 32.2. The van der Waals surface area contributed by atoms with E-state index in [9.17, 15) is 26.0 Å². The number of nitriles is 1. The molecule has 1 saturated carbocycles. The Hall–Kier alpha value is -1.28. The lowest BCUT2D eigenvalue weighted by Gasteiger charge is -2.32. The second-order valence-electron chi connectivity index (χ2n) is 5.23. The molecule has 1 aliphatic carbocycles. The van der Waals surface area contributed by atoms with Crippen molar-refractivity contribution >= 4 is 9.84 Å². The van der Waals surface area contributed by atoms with Crippen LogP contribution in [0.3, 0.4) is 0 Å². The normalized spacial score (nSPS) is 28.4. The smallest absolute Gasteiger partial charge is 0.230 e. The van der Waals surface area contributed by atoms with Crippen LogP contribution >= 0.6 is 0 Å². The average Bonchev–Trinajstić information content (AvgIpc) is 2.39. The van der Waals surface area contributed by atoms with Gasteiger partial charge in [0.25, 0.3) is 0 Å². The SMILES string of the molecule is C#CC1(F)CCC(C(C#N)S(=O)(=O)CCC(F)(F)F)CC1. The van der Waals surface area contributed by atoms with Crippen LogP contribution in [-0.4, -0.2) is 31.3 Å². The van der Waals surface area contributed by atoms with Gasteiger partial charge in [0.2, 0.25) is 0 Å². The summed E-state index contributed by atoms with van der Waals surface area (Å²) in [6.45, 7) is 0. The molecular formula is C13H15F4NO2S. The Morgan fingerprint density at radius 3 is 2.24 bits per heavy atom. The summed E-state index contributed by atoms with van der Waals surface area (Å²) in [5.74, 6) is 0.194. The molecule has 0 aliphatic heterocycles. The number of halogens is 4. The topological polar surface area (TPSA) is 57.9 Å². The maximum atomic E-state index is 13.8. The first-order chi connectivity index (χ1) is 9.53. The number of nitrogens with zero attached hydrogens (tertiary/aromatic N) is 1. The van der Waals surface area contributed by atoms with Crippen LogP contribution in [0, 0.1) is 29.6 Å². The van der Waals surface area contributed by atoms with Crippen molar-refractivity contribution in [2.45, 2.75) is 49.2 Å². The molecule has 118 valence electrons. The Labute approximate surface area is 121 Å². The molecule has 0 saturated heterocycles. The second-order valence-corrected chi connectivity index (χ2v) is 7.47. The first kappa shape index (κ1) is 17.8. The molecule has 0 aromatic heterocycles. The number of hydrogen-bond donors (Lipinski definition) is 0. The van der Waals surface area contributed by atoms with Crippen molar-refractivity contribution in [1.29, 1.82) is 5.26 Å². The first-order valence-electron chi connectivity index (χ1n) is 6.38. The summed E-state index contributed by atoms with van der Waals surface area (Å²) in [5, 5.41) is 7.45. The molecule has 0 bridgehead atoms. The predicted molar refractivity (Wildman–Crippen MR) is 68.5 cm³/mol. The van der Waals surface area contributed by atoms with Crippen molar-refractivity contribution in [3.63, 3.8) is 0 Å². The Balaban J connectivity index is 2.76. The van der Waals surface area contributed by atoms with E-state index >= 15 is 0 Å². The second kappa shape index (κ2) is 6.23. The molecule has 1 atom stereocenters. The third-order valence-electron chi connectivity index (χ3n) is 3.69. The number of hydrogen-bond acceptors (Lipinski definition) is 3. The fourth-order valence-corrected chi connectivity index (χ4v) is 4.20. The van der Waals surface area contributed by atoms with Crippen LogP contribution in [0.25, 0.3) is 0 Å². The summed E-state index contributed by atoms with van der Waals surface area (Å²) in [5.41, 5.74) is -1.81. The molecule has 1 aliphatic rings. The highest BCUT2D eigenvalue weighted by Gasteiger charge is 2.42. The summed E-state index contributed by atoms with van der Waals surface area (Å²) in [7, 11) is -4.20. The number of alkyl halides is 4. The summed E-state index contributed by atoms with van der Waals surface area (Å²) in [6.07, 6.45) is -1.07. The van der Waals surface area contributed by atoms with Gasteiger partial charge in [-0.1, -0.05) is 5.92 Å². The van der Waals surface area contributed by atoms with Gasteiger partial charge in [-0.15, -0.1) is 6.42 Å². The average molecular weight is 325 g/mol. The lowest BCUT2D eigenvalue weighted by Crippen LogP contribution is -2.37. The van der Waals surface area contributed by atoms with Crippen LogP contribution in [0.15, 0.2) is 0 Å². The van der Waals surface area contributed by atoms with E-state index in [1.807, 2.05) is 5.92 Å². The van der Waals surface area contributed by atoms with Crippen molar-refractivity contribution in [1.82, 2.24) is 0 Å². The zero-order chi connectivity index (χ0) is 16.3. The number of sulfone groups is 1. The van der Waals surface area contributed by atoms with Crippen LogP contribution in [0.4, 0.5) is 17.6 Å². The Morgan fingerprint density at radius 1 is 1.33 bits per heavy atom. The Kier molecular flexibility index (Phi) is 5.27. The zero-order valence-corrected chi connectivity index (χ0v) is 12.0. The van der Waals surface area contributed by atoms with Gasteiger partial charge < -0.3 is 0 Å². The van der Waals surface area contributed by atoms with E-state index in [0.717, 1.165) is 0 Å². The molecule has 0 aromatic rings. The quantitative estimate of drug-likeness (QED) is 0.590. The minimum absolute atomic E-state index is 0.0736. The lowest BCUT2D eigenvalue weighted by atomic mass is 9.79. The minimum atomic E-state index is -4.60. The maximum Gasteiger partial charge on any atom is 0.390 e. The maximum absolute atomic E-state index is 13.8. The molecule has 1 rings (SSSR count). The van der Waals surface area contributed by atoms with Gasteiger partial charge in [0.05, 0.1) is 18.2 Å². The highest BCUT2D eigenvalue weighted by Crippen LogP contribution is 2.38. The molecule has 21 heavy (non-hydrogen) atoms. The third-order valence-corrected chi connectivity index (χ3v) is 5.73. The van der Waals surface area contributed by atoms with Gasteiger partial charge in [-0.2, -0.15) is 18.4 Å². The molecule has 0 heterocycles. The van der Waals surface area contributed by atoms with E-state index in [2.05, 4.69) is 0 Å². The van der Waals surface area contributed by atoms with Gasteiger partial charge in [0.1, 0.15) is 0 Å². The van der Waals surface area contributed by atoms with Gasteiger partial charge in [-0.3, -0.25) is 0 Å². The van der Waals surface area contributed by atoms with Crippen molar-refractivity contribution in [2.24, 2.45) is 5.92 Å². The van der Waals surface area contributed by atoms with Crippen molar-refractivity contribution in [3.8, 4) is 18.4 Å². The van der Waals surface area contributed by atoms with Gasteiger partial charge in [-0.05, 0) is 31.6 Å². The van der Waals surface area contributed by atoms with Crippen LogP contribution in [0.5, 0.6) is 0 Å². The Bertz CT molecular complexity index is 548. The monoisotopic (exact) mass is 325 g/mol. The molecule has 1 unspecified atom stereocenters. The van der Waals surface area contributed by atoms with E-state index < -0.39 is 45.0 Å². The van der Waals surface area contributed by atoms with Crippen molar-refractivity contribution < 1.29 is 26.0 Å². The molecular weight excluding hydrogens is 310 g/mol. The molecule has 8 heteroatoms. The predicted octanol–water partition coefficient (Wildman–Crippen LogP) is 2.78. The molecule has 0 spiro atoms. The van der Waals surface area contributed by atoms with Crippen LogP contribution in [0.1, 0.15) is 32.1 Å². The first-order valence-corrected chi connectivity index (χ1v) is 8.09.